The van der Waals surface area contributed by atoms with E-state index in [0.717, 1.165) is 22.5 Å². The van der Waals surface area contributed by atoms with Gasteiger partial charge in [0.2, 0.25) is 0 Å². The number of aryl methyl sites for hydroxylation is 1. The van der Waals surface area contributed by atoms with Gasteiger partial charge in [-0.2, -0.15) is 19.0 Å². The van der Waals surface area contributed by atoms with E-state index in [1.54, 1.807) is 4.90 Å². The van der Waals surface area contributed by atoms with Gasteiger partial charge in [-0.15, -0.1) is 0 Å². The second-order valence-electron chi connectivity index (χ2n) is 10.4. The molecule has 2 aliphatic rings. The number of halogens is 2. The number of benzene rings is 2. The summed E-state index contributed by atoms with van der Waals surface area (Å²) in [5, 5.41) is 13.2. The van der Waals surface area contributed by atoms with Crippen LogP contribution in [0, 0.1) is 0 Å². The molecule has 4 heterocycles. The SMILES string of the molecule is CCN1Cc2[nH]c(-c3ccc(-c4nc(Cc5ccc6[nH]ncc6c5C5CC5)n(C)n4)cc3)nc2C(F)(F)C1. The van der Waals surface area contributed by atoms with Crippen LogP contribution < -0.4 is 0 Å². The van der Waals surface area contributed by atoms with Crippen LogP contribution in [0.3, 0.4) is 0 Å². The second-order valence-corrected chi connectivity index (χ2v) is 10.4. The minimum atomic E-state index is -2.96. The van der Waals surface area contributed by atoms with Gasteiger partial charge in [0.1, 0.15) is 17.3 Å². The molecular weight excluding hydrogens is 486 g/mol. The average Bonchev–Trinajstić information content (AvgIpc) is 3.29. The molecule has 10 heteroatoms. The Hall–Kier alpha value is -3.92. The van der Waals surface area contributed by atoms with Crippen LogP contribution in [0.25, 0.3) is 33.7 Å². The third-order valence-electron chi connectivity index (χ3n) is 7.74. The minimum absolute atomic E-state index is 0.142. The Bertz CT molecular complexity index is 1640. The van der Waals surface area contributed by atoms with Crippen LogP contribution in [-0.4, -0.2) is 52.9 Å². The smallest absolute Gasteiger partial charge is 0.303 e. The maximum atomic E-state index is 14.6. The van der Waals surface area contributed by atoms with Gasteiger partial charge in [0.15, 0.2) is 5.82 Å². The highest BCUT2D eigenvalue weighted by molar-refractivity contribution is 5.84. The fraction of sp³-hybridized carbons (Fsp3) is 0.357. The van der Waals surface area contributed by atoms with Crippen LogP contribution in [-0.2, 0) is 25.9 Å². The standard InChI is InChI=1S/C28H28F2N8/c1-3-38-14-22-25(28(29,30)15-38)34-26(32-22)17-6-8-18(9-7-17)27-33-23(37(2)36-27)12-19-10-11-21-20(13-31-35-21)24(19)16-4-5-16/h6-11,13,16H,3-5,12,14-15H2,1-2H3,(H,31,35)(H,32,34). The first kappa shape index (κ1) is 23.2. The van der Waals surface area contributed by atoms with Crippen molar-refractivity contribution in [2.75, 3.05) is 13.1 Å². The number of likely N-dealkylation sites (N-methyl/N-ethyl adjacent to an activating group) is 1. The zero-order chi connectivity index (χ0) is 26.0. The Morgan fingerprint density at radius 3 is 2.61 bits per heavy atom. The predicted molar refractivity (Wildman–Crippen MR) is 140 cm³/mol. The minimum Gasteiger partial charge on any atom is -0.340 e. The summed E-state index contributed by atoms with van der Waals surface area (Å²) < 4.78 is 31.1. The topological polar surface area (TPSA) is 91.3 Å². The largest absolute Gasteiger partial charge is 0.340 e. The number of imidazole rings is 1. The molecule has 3 aromatic heterocycles. The Balaban J connectivity index is 1.15. The number of H-pyrrole nitrogens is 2. The van der Waals surface area contributed by atoms with Crippen molar-refractivity contribution in [1.29, 1.82) is 0 Å². The van der Waals surface area contributed by atoms with Crippen molar-refractivity contribution in [3.63, 3.8) is 0 Å². The van der Waals surface area contributed by atoms with Crippen molar-refractivity contribution in [3.05, 3.63) is 70.9 Å². The molecule has 38 heavy (non-hydrogen) atoms. The highest BCUT2D eigenvalue weighted by Gasteiger charge is 2.43. The zero-order valence-corrected chi connectivity index (χ0v) is 21.3. The lowest BCUT2D eigenvalue weighted by atomic mass is 9.97. The van der Waals surface area contributed by atoms with Crippen LogP contribution in [0.5, 0.6) is 0 Å². The van der Waals surface area contributed by atoms with Gasteiger partial charge in [0.25, 0.3) is 0 Å². The molecule has 8 nitrogen and oxygen atoms in total. The number of nitrogens with zero attached hydrogens (tertiary/aromatic N) is 6. The highest BCUT2D eigenvalue weighted by atomic mass is 19.3. The van der Waals surface area contributed by atoms with E-state index in [0.29, 0.717) is 42.8 Å². The molecule has 1 saturated carbocycles. The van der Waals surface area contributed by atoms with Gasteiger partial charge in [-0.3, -0.25) is 14.7 Å². The molecule has 0 atom stereocenters. The van der Waals surface area contributed by atoms with Crippen LogP contribution in [0.1, 0.15) is 54.0 Å². The molecule has 2 N–H and O–H groups in total. The van der Waals surface area contributed by atoms with Gasteiger partial charge in [0.05, 0.1) is 24.0 Å². The van der Waals surface area contributed by atoms with Crippen molar-refractivity contribution in [2.24, 2.45) is 7.05 Å². The maximum absolute atomic E-state index is 14.6. The first-order valence-electron chi connectivity index (χ1n) is 13.0. The molecule has 194 valence electrons. The fourth-order valence-electron chi connectivity index (χ4n) is 5.56. The van der Waals surface area contributed by atoms with Crippen molar-refractivity contribution in [1.82, 2.24) is 39.8 Å². The van der Waals surface area contributed by atoms with Crippen molar-refractivity contribution in [3.8, 4) is 22.8 Å². The lowest BCUT2D eigenvalue weighted by molar-refractivity contribution is -0.0548. The summed E-state index contributed by atoms with van der Waals surface area (Å²) >= 11 is 0. The van der Waals surface area contributed by atoms with Crippen LogP contribution in [0.15, 0.2) is 42.6 Å². The number of alkyl halides is 2. The summed E-state index contributed by atoms with van der Waals surface area (Å²) in [6, 6.07) is 11.8. The number of hydrogen-bond donors (Lipinski definition) is 2. The van der Waals surface area contributed by atoms with E-state index in [-0.39, 0.29) is 12.2 Å². The van der Waals surface area contributed by atoms with Gasteiger partial charge < -0.3 is 4.98 Å². The van der Waals surface area contributed by atoms with Gasteiger partial charge in [-0.25, -0.2) is 9.97 Å². The van der Waals surface area contributed by atoms with Crippen molar-refractivity contribution in [2.45, 2.75) is 44.6 Å². The second kappa shape index (κ2) is 8.56. The lowest BCUT2D eigenvalue weighted by Gasteiger charge is -2.30. The monoisotopic (exact) mass is 514 g/mol. The summed E-state index contributed by atoms with van der Waals surface area (Å²) in [6.07, 6.45) is 5.03. The van der Waals surface area contributed by atoms with Crippen LogP contribution in [0.4, 0.5) is 8.78 Å². The molecule has 0 spiro atoms. The van der Waals surface area contributed by atoms with E-state index in [1.165, 1.54) is 29.4 Å². The molecule has 0 unspecified atom stereocenters. The molecule has 5 aromatic rings. The van der Waals surface area contributed by atoms with Crippen LogP contribution in [0.2, 0.25) is 0 Å². The molecule has 7 rings (SSSR count). The first-order valence-corrected chi connectivity index (χ1v) is 13.0. The molecule has 0 amide bonds. The number of aromatic nitrogens is 7. The Morgan fingerprint density at radius 1 is 1.05 bits per heavy atom. The Morgan fingerprint density at radius 2 is 1.84 bits per heavy atom. The highest BCUT2D eigenvalue weighted by Crippen LogP contribution is 2.45. The fourth-order valence-corrected chi connectivity index (χ4v) is 5.56. The van der Waals surface area contributed by atoms with E-state index in [2.05, 4.69) is 37.4 Å². The molecule has 0 bridgehead atoms. The summed E-state index contributed by atoms with van der Waals surface area (Å²) in [5.41, 5.74) is 5.66. The molecular formula is C28H28F2N8. The van der Waals surface area contributed by atoms with E-state index in [9.17, 15) is 8.78 Å². The number of aromatic amines is 2. The third-order valence-corrected chi connectivity index (χ3v) is 7.74. The summed E-state index contributed by atoms with van der Waals surface area (Å²) in [4.78, 5) is 14.0. The van der Waals surface area contributed by atoms with Gasteiger partial charge in [-0.05, 0) is 42.5 Å². The summed E-state index contributed by atoms with van der Waals surface area (Å²) in [7, 11) is 1.92. The Kier molecular flexibility index (Phi) is 5.23. The van der Waals surface area contributed by atoms with Gasteiger partial charge in [-0.1, -0.05) is 37.3 Å². The molecule has 0 saturated heterocycles. The van der Waals surface area contributed by atoms with E-state index in [4.69, 9.17) is 4.98 Å². The van der Waals surface area contributed by atoms with E-state index in [1.807, 2.05) is 49.1 Å². The quantitative estimate of drug-likeness (QED) is 0.327. The maximum Gasteiger partial charge on any atom is 0.303 e. The average molecular weight is 515 g/mol. The first-order chi connectivity index (χ1) is 18.4. The zero-order valence-electron chi connectivity index (χ0n) is 21.3. The molecule has 0 radical (unpaired) electrons. The number of nitrogens with one attached hydrogen (secondary N) is 2. The number of hydrogen-bond acceptors (Lipinski definition) is 5. The number of fused-ring (bicyclic) bond motifs is 2. The van der Waals surface area contributed by atoms with Crippen molar-refractivity contribution < 1.29 is 8.78 Å². The normalized spacial score (nSPS) is 17.3. The number of rotatable bonds is 6. The van der Waals surface area contributed by atoms with E-state index >= 15 is 0 Å². The molecule has 1 fully saturated rings. The van der Waals surface area contributed by atoms with Crippen LogP contribution >= 0.6 is 0 Å². The summed E-state index contributed by atoms with van der Waals surface area (Å²) in [6.45, 7) is 2.60. The predicted octanol–water partition coefficient (Wildman–Crippen LogP) is 5.14. The van der Waals surface area contributed by atoms with E-state index < -0.39 is 5.92 Å². The molecule has 1 aliphatic heterocycles. The van der Waals surface area contributed by atoms with Gasteiger partial charge in [0, 0.05) is 36.5 Å². The summed E-state index contributed by atoms with van der Waals surface area (Å²) in [5.74, 6) is -0.404. The van der Waals surface area contributed by atoms with Crippen molar-refractivity contribution >= 4 is 10.9 Å². The Labute approximate surface area is 218 Å². The molecule has 2 aromatic carbocycles. The molecule has 1 aliphatic carbocycles. The van der Waals surface area contributed by atoms with Gasteiger partial charge >= 0.3 is 5.92 Å². The lowest BCUT2D eigenvalue weighted by Crippen LogP contribution is -2.40. The third kappa shape index (κ3) is 3.91.